The molecule has 0 spiro atoms. The van der Waals surface area contributed by atoms with E-state index in [0.717, 1.165) is 74.8 Å². The van der Waals surface area contributed by atoms with Crippen molar-refractivity contribution in [2.75, 3.05) is 26.2 Å². The van der Waals surface area contributed by atoms with Crippen LogP contribution in [0.2, 0.25) is 0 Å². The van der Waals surface area contributed by atoms with Gasteiger partial charge in [-0.25, -0.2) is 9.59 Å². The van der Waals surface area contributed by atoms with Crippen LogP contribution in [-0.2, 0) is 42.8 Å². The summed E-state index contributed by atoms with van der Waals surface area (Å²) < 4.78 is 11.4. The van der Waals surface area contributed by atoms with E-state index in [9.17, 15) is 29.4 Å². The third-order valence-corrected chi connectivity index (χ3v) is 16.8. The van der Waals surface area contributed by atoms with Crippen LogP contribution in [0.4, 0.5) is 0 Å². The standard InChI is InChI=1S/C48H60N2O8/c1-27-17-33(51)23-47-13-15-49(25-29-5-3-6-29)39(41(27)47)19-31-9-11-35(21-37(31)47)57-45(55)43(53)44(54)46(56)58-36-12-10-32-20-40-42-28(2)18-34(52)24-48(42,38(32)22-36)14-16-50(40)26-30-7-4-8-30/h9-12,21-22,27-30,39-44,53-54H,3-8,13-20,23-26H2,1-2H3/t27?,28?,39-,40-,41+,42+,43?,44?,47-,48-/m1/s1. The Balaban J connectivity index is 0.843. The number of nitrogens with zero attached hydrogens (tertiary/aromatic N) is 2. The van der Waals surface area contributed by atoms with Crippen molar-refractivity contribution in [3.05, 3.63) is 58.7 Å². The van der Waals surface area contributed by atoms with Gasteiger partial charge in [-0.05, 0) is 146 Å². The van der Waals surface area contributed by atoms with Crippen LogP contribution >= 0.6 is 0 Å². The number of piperidine rings is 2. The van der Waals surface area contributed by atoms with E-state index in [1.165, 1.54) is 49.7 Å². The average Bonchev–Trinajstić information content (AvgIpc) is 3.15. The predicted molar refractivity (Wildman–Crippen MR) is 215 cm³/mol. The monoisotopic (exact) mass is 792 g/mol. The minimum Gasteiger partial charge on any atom is -0.425 e. The van der Waals surface area contributed by atoms with Crippen molar-refractivity contribution < 1.29 is 38.9 Å². The molecule has 310 valence electrons. The number of carbonyl (C=O) groups excluding carboxylic acids is 4. The molecule has 2 aliphatic heterocycles. The van der Waals surface area contributed by atoms with Crippen LogP contribution in [0.5, 0.6) is 11.5 Å². The SMILES string of the molecule is CC1CC(=O)C[C@]23CCN(CC4CCC4)[C@H](Cc4ccc(OC(=O)C(O)C(O)C(=O)Oc5ccc6c(c5)[C@]57CCN(CC8CCC8)[C@H](C6)[C@@H]5C(C)CC(=O)C7)cc42)[C@H]13. The third kappa shape index (κ3) is 6.33. The molecular weight excluding hydrogens is 733 g/mol. The van der Waals surface area contributed by atoms with Gasteiger partial charge in [-0.1, -0.05) is 38.8 Å². The molecule has 2 heterocycles. The highest BCUT2D eigenvalue weighted by Crippen LogP contribution is 2.59. The lowest BCUT2D eigenvalue weighted by Crippen LogP contribution is -2.64. The van der Waals surface area contributed by atoms with Crippen LogP contribution < -0.4 is 9.47 Å². The summed E-state index contributed by atoms with van der Waals surface area (Å²) in [5.74, 6) is 1.33. The molecule has 10 heteroatoms. The summed E-state index contributed by atoms with van der Waals surface area (Å²) in [6.45, 7) is 8.57. The van der Waals surface area contributed by atoms with E-state index < -0.39 is 24.1 Å². The molecule has 0 radical (unpaired) electrons. The second-order valence-corrected chi connectivity index (χ2v) is 20.2. The summed E-state index contributed by atoms with van der Waals surface area (Å²) in [6, 6.07) is 11.9. The molecule has 2 aromatic carbocycles. The number of esters is 2. The van der Waals surface area contributed by atoms with Crippen molar-refractivity contribution in [1.29, 1.82) is 0 Å². The van der Waals surface area contributed by atoms with Gasteiger partial charge in [0, 0.05) is 61.7 Å². The number of benzene rings is 2. The lowest BCUT2D eigenvalue weighted by molar-refractivity contribution is -0.162. The molecular formula is C48H60N2O8. The van der Waals surface area contributed by atoms with Gasteiger partial charge in [0.1, 0.15) is 23.1 Å². The molecule has 2 saturated heterocycles. The fraction of sp³-hybridized carbons (Fsp3) is 0.667. The number of ketones is 2. The highest BCUT2D eigenvalue weighted by molar-refractivity contribution is 5.87. The van der Waals surface area contributed by atoms with Gasteiger partial charge < -0.3 is 19.7 Å². The largest absolute Gasteiger partial charge is 0.425 e. The summed E-state index contributed by atoms with van der Waals surface area (Å²) in [6.07, 6.45) is 9.12. The third-order valence-electron chi connectivity index (χ3n) is 16.8. The first-order chi connectivity index (χ1) is 27.9. The molecule has 6 aliphatic carbocycles. The van der Waals surface area contributed by atoms with Gasteiger partial charge in [0.15, 0.2) is 12.2 Å². The van der Waals surface area contributed by atoms with E-state index in [1.54, 1.807) is 12.1 Å². The molecule has 10 rings (SSSR count). The normalized spacial score (nSPS) is 35.6. The fourth-order valence-electron chi connectivity index (χ4n) is 14.0. The Morgan fingerprint density at radius 2 is 1.09 bits per heavy atom. The number of aliphatic hydroxyl groups is 2. The minimum atomic E-state index is -2.18. The maximum absolute atomic E-state index is 13.4. The van der Waals surface area contributed by atoms with Crippen molar-refractivity contribution in [2.24, 2.45) is 35.5 Å². The van der Waals surface area contributed by atoms with E-state index in [2.05, 4.69) is 23.6 Å². The van der Waals surface area contributed by atoms with Crippen molar-refractivity contribution >= 4 is 23.5 Å². The molecule has 58 heavy (non-hydrogen) atoms. The van der Waals surface area contributed by atoms with Crippen LogP contribution in [0.25, 0.3) is 0 Å². The Kier molecular flexibility index (Phi) is 9.77. The Morgan fingerprint density at radius 1 is 0.672 bits per heavy atom. The molecule has 0 amide bonds. The number of hydrogen-bond acceptors (Lipinski definition) is 10. The fourth-order valence-corrected chi connectivity index (χ4v) is 14.0. The first-order valence-corrected chi connectivity index (χ1v) is 22.5. The molecule has 2 N–H and O–H groups in total. The van der Waals surface area contributed by atoms with Crippen LogP contribution in [0.15, 0.2) is 36.4 Å². The number of ether oxygens (including phenoxy) is 2. The highest BCUT2D eigenvalue weighted by Gasteiger charge is 2.59. The number of rotatable bonds is 9. The van der Waals surface area contributed by atoms with Crippen LogP contribution in [0, 0.1) is 35.5 Å². The van der Waals surface area contributed by atoms with Gasteiger partial charge in [-0.15, -0.1) is 0 Å². The molecule has 4 unspecified atom stereocenters. The number of fused-ring (bicyclic) bond motifs is 2. The predicted octanol–water partition coefficient (Wildman–Crippen LogP) is 5.49. The maximum Gasteiger partial charge on any atom is 0.343 e. The number of Topliss-reactive ketones (excluding diaryl/α,β-unsaturated/α-hetero) is 2. The Labute approximate surface area is 342 Å². The smallest absolute Gasteiger partial charge is 0.343 e. The number of carbonyl (C=O) groups is 4. The highest BCUT2D eigenvalue weighted by atomic mass is 16.6. The van der Waals surface area contributed by atoms with E-state index in [1.807, 2.05) is 24.3 Å². The van der Waals surface area contributed by atoms with Gasteiger partial charge in [0.05, 0.1) is 0 Å². The zero-order chi connectivity index (χ0) is 40.1. The van der Waals surface area contributed by atoms with Gasteiger partial charge in [0.2, 0.25) is 0 Å². The first-order valence-electron chi connectivity index (χ1n) is 22.5. The summed E-state index contributed by atoms with van der Waals surface area (Å²) in [5.41, 5.74) is 3.77. The zero-order valence-electron chi connectivity index (χ0n) is 34.2. The zero-order valence-corrected chi connectivity index (χ0v) is 34.2. The van der Waals surface area contributed by atoms with Crippen LogP contribution in [0.1, 0.15) is 113 Å². The summed E-state index contributed by atoms with van der Waals surface area (Å²) in [7, 11) is 0. The molecule has 4 saturated carbocycles. The van der Waals surface area contributed by atoms with Gasteiger partial charge >= 0.3 is 11.9 Å². The molecule has 10 nitrogen and oxygen atoms in total. The van der Waals surface area contributed by atoms with Crippen molar-refractivity contribution in [2.45, 2.75) is 139 Å². The first kappa shape index (κ1) is 38.7. The topological polar surface area (TPSA) is 134 Å². The summed E-state index contributed by atoms with van der Waals surface area (Å²) >= 11 is 0. The van der Waals surface area contributed by atoms with Gasteiger partial charge in [0.25, 0.3) is 0 Å². The number of hydrogen-bond donors (Lipinski definition) is 2. The van der Waals surface area contributed by atoms with Crippen molar-refractivity contribution in [3.8, 4) is 11.5 Å². The molecule has 0 aromatic heterocycles. The lowest BCUT2D eigenvalue weighted by Gasteiger charge is -2.61. The van der Waals surface area contributed by atoms with E-state index >= 15 is 0 Å². The number of aliphatic hydroxyl groups excluding tert-OH is 2. The molecule has 2 aromatic rings. The Bertz CT molecular complexity index is 1870. The molecule has 10 atom stereocenters. The van der Waals surface area contributed by atoms with Crippen LogP contribution in [0.3, 0.4) is 0 Å². The van der Waals surface area contributed by atoms with Gasteiger partial charge in [-0.2, -0.15) is 0 Å². The van der Waals surface area contributed by atoms with E-state index in [4.69, 9.17) is 9.47 Å². The summed E-state index contributed by atoms with van der Waals surface area (Å²) in [5, 5.41) is 21.9. The average molecular weight is 793 g/mol. The van der Waals surface area contributed by atoms with E-state index in [0.29, 0.717) is 49.6 Å². The second kappa shape index (κ2) is 14.6. The molecule has 4 bridgehead atoms. The van der Waals surface area contributed by atoms with E-state index in [-0.39, 0.29) is 45.7 Å². The van der Waals surface area contributed by atoms with Gasteiger partial charge in [-0.3, -0.25) is 19.4 Å². The van der Waals surface area contributed by atoms with Crippen LogP contribution in [-0.4, -0.2) is 94.0 Å². The Hall–Kier alpha value is -3.44. The maximum atomic E-state index is 13.4. The summed E-state index contributed by atoms with van der Waals surface area (Å²) in [4.78, 5) is 58.5. The molecule has 6 fully saturated rings. The Morgan fingerprint density at radius 3 is 1.47 bits per heavy atom. The minimum absolute atomic E-state index is 0.217. The second-order valence-electron chi connectivity index (χ2n) is 20.2. The quantitative estimate of drug-likeness (QED) is 0.248. The van der Waals surface area contributed by atoms with Crippen molar-refractivity contribution in [1.82, 2.24) is 9.80 Å². The lowest BCUT2D eigenvalue weighted by atomic mass is 9.49. The number of likely N-dealkylation sites (tertiary alicyclic amines) is 2. The van der Waals surface area contributed by atoms with Crippen molar-refractivity contribution in [3.63, 3.8) is 0 Å². The molecule has 8 aliphatic rings.